The number of nitrogens with zero attached hydrogens (tertiary/aromatic N) is 4. The van der Waals surface area contributed by atoms with E-state index in [0.717, 1.165) is 36.2 Å². The number of carbonyl (C=O) groups is 2. The van der Waals surface area contributed by atoms with Crippen LogP contribution in [-0.2, 0) is 12.8 Å². The quantitative estimate of drug-likeness (QED) is 0.629. The predicted molar refractivity (Wildman–Crippen MR) is 118 cm³/mol. The Labute approximate surface area is 186 Å². The van der Waals surface area contributed by atoms with Gasteiger partial charge in [-0.3, -0.25) is 9.59 Å². The minimum absolute atomic E-state index is 0.0310. The summed E-state index contributed by atoms with van der Waals surface area (Å²) < 4.78 is 1.72. The van der Waals surface area contributed by atoms with E-state index in [0.29, 0.717) is 31.0 Å². The van der Waals surface area contributed by atoms with Gasteiger partial charge in [-0.25, -0.2) is 14.6 Å². The van der Waals surface area contributed by atoms with Crippen LogP contribution in [0.1, 0.15) is 84.6 Å². The molecule has 2 unspecified atom stereocenters. The first kappa shape index (κ1) is 21.1. The topological polar surface area (TPSA) is 136 Å². The standard InChI is InChI=1S/C23H30N6O3/c1-23(2)9-15-19(17(31)10-23)14(8-12-6-7-12)28-29(15)18-11-25-20(21(24)32)22(27-18)26-13-4-3-5-16(13)30/h11-13,16,30H,3-10H2,1-2H3,(H2,24,32)(H,26,27). The van der Waals surface area contributed by atoms with Crippen molar-refractivity contribution in [3.05, 3.63) is 28.8 Å². The summed E-state index contributed by atoms with van der Waals surface area (Å²) in [6.45, 7) is 4.17. The van der Waals surface area contributed by atoms with E-state index in [2.05, 4.69) is 29.1 Å². The van der Waals surface area contributed by atoms with Gasteiger partial charge < -0.3 is 16.2 Å². The van der Waals surface area contributed by atoms with Crippen LogP contribution < -0.4 is 11.1 Å². The van der Waals surface area contributed by atoms with Crippen molar-refractivity contribution in [2.45, 2.75) is 77.4 Å². The number of fused-ring (bicyclic) bond motifs is 1. The molecule has 9 heteroatoms. The van der Waals surface area contributed by atoms with Crippen LogP contribution in [0.15, 0.2) is 6.20 Å². The summed E-state index contributed by atoms with van der Waals surface area (Å²) >= 11 is 0. The molecule has 1 amide bonds. The largest absolute Gasteiger partial charge is 0.391 e. The number of amides is 1. The first-order valence-corrected chi connectivity index (χ1v) is 11.5. The van der Waals surface area contributed by atoms with Crippen LogP contribution in [0, 0.1) is 11.3 Å². The zero-order valence-electron chi connectivity index (χ0n) is 18.6. The number of primary amides is 1. The van der Waals surface area contributed by atoms with Gasteiger partial charge in [-0.2, -0.15) is 5.10 Å². The Balaban J connectivity index is 1.59. The van der Waals surface area contributed by atoms with Gasteiger partial charge in [0.1, 0.15) is 0 Å². The molecule has 4 N–H and O–H groups in total. The fourth-order valence-corrected chi connectivity index (χ4v) is 5.00. The van der Waals surface area contributed by atoms with E-state index in [1.54, 1.807) is 4.68 Å². The number of ketones is 1. The van der Waals surface area contributed by atoms with E-state index in [4.69, 9.17) is 10.8 Å². The van der Waals surface area contributed by atoms with Gasteiger partial charge in [0.25, 0.3) is 5.91 Å². The van der Waals surface area contributed by atoms with Gasteiger partial charge in [0.05, 0.1) is 35.3 Å². The van der Waals surface area contributed by atoms with Crippen LogP contribution in [0.25, 0.3) is 5.82 Å². The number of hydrogen-bond acceptors (Lipinski definition) is 7. The van der Waals surface area contributed by atoms with Gasteiger partial charge in [0, 0.05) is 6.42 Å². The van der Waals surface area contributed by atoms with E-state index in [-0.39, 0.29) is 28.8 Å². The Hall–Kier alpha value is -2.81. The number of rotatable bonds is 6. The van der Waals surface area contributed by atoms with Gasteiger partial charge in [-0.05, 0) is 56.3 Å². The normalized spacial score (nSPS) is 24.4. The van der Waals surface area contributed by atoms with Crippen LogP contribution in [0.2, 0.25) is 0 Å². The molecular formula is C23H30N6O3. The average molecular weight is 439 g/mol. The van der Waals surface area contributed by atoms with E-state index in [1.807, 2.05) is 0 Å². The Kier molecular flexibility index (Phi) is 5.03. The number of nitrogens with one attached hydrogen (secondary N) is 1. The van der Waals surface area contributed by atoms with Crippen LogP contribution in [0.5, 0.6) is 0 Å². The summed E-state index contributed by atoms with van der Waals surface area (Å²) in [5.74, 6) is 0.721. The molecule has 2 fully saturated rings. The molecule has 2 aromatic heterocycles. The third-order valence-electron chi connectivity index (χ3n) is 6.81. The number of anilines is 1. The van der Waals surface area contributed by atoms with Crippen LogP contribution in [0.3, 0.4) is 0 Å². The van der Waals surface area contributed by atoms with Crippen molar-refractivity contribution in [2.24, 2.45) is 17.1 Å². The molecule has 0 aliphatic heterocycles. The molecule has 3 aliphatic carbocycles. The van der Waals surface area contributed by atoms with Crippen molar-refractivity contribution >= 4 is 17.5 Å². The average Bonchev–Trinajstić information content (AvgIpc) is 3.33. The van der Waals surface area contributed by atoms with Gasteiger partial charge in [0.2, 0.25) is 0 Å². The maximum Gasteiger partial charge on any atom is 0.271 e. The zero-order valence-corrected chi connectivity index (χ0v) is 18.6. The second-order valence-corrected chi connectivity index (χ2v) is 10.3. The number of carbonyl (C=O) groups excluding carboxylic acids is 2. The van der Waals surface area contributed by atoms with E-state index >= 15 is 0 Å². The molecule has 0 aromatic carbocycles. The minimum Gasteiger partial charge on any atom is -0.391 e. The van der Waals surface area contributed by atoms with E-state index < -0.39 is 12.0 Å². The molecule has 0 bridgehead atoms. The molecule has 32 heavy (non-hydrogen) atoms. The van der Waals surface area contributed by atoms with Crippen LogP contribution in [0.4, 0.5) is 5.82 Å². The first-order chi connectivity index (χ1) is 15.2. The summed E-state index contributed by atoms with van der Waals surface area (Å²) in [5, 5.41) is 18.2. The molecule has 2 aromatic rings. The van der Waals surface area contributed by atoms with Crippen LogP contribution >= 0.6 is 0 Å². The third kappa shape index (κ3) is 3.90. The summed E-state index contributed by atoms with van der Waals surface area (Å²) in [5.41, 5.74) is 7.82. The number of hydrogen-bond donors (Lipinski definition) is 3. The fraction of sp³-hybridized carbons (Fsp3) is 0.609. The van der Waals surface area contributed by atoms with Gasteiger partial charge in [-0.15, -0.1) is 0 Å². The summed E-state index contributed by atoms with van der Waals surface area (Å²) in [4.78, 5) is 34.0. The number of nitrogens with two attached hydrogens (primary N) is 1. The first-order valence-electron chi connectivity index (χ1n) is 11.5. The SMILES string of the molecule is CC1(C)CC(=O)c2c(CC3CC3)nn(-c3cnc(C(N)=O)c(NC4CCCC4O)n3)c2C1. The molecule has 0 radical (unpaired) electrons. The molecular weight excluding hydrogens is 408 g/mol. The van der Waals surface area contributed by atoms with E-state index in [1.165, 1.54) is 19.0 Å². The minimum atomic E-state index is -0.688. The van der Waals surface area contributed by atoms with Crippen molar-refractivity contribution in [3.8, 4) is 5.82 Å². The lowest BCUT2D eigenvalue weighted by atomic mass is 9.75. The maximum absolute atomic E-state index is 13.1. The molecule has 3 aliphatic rings. The highest BCUT2D eigenvalue weighted by atomic mass is 16.3. The van der Waals surface area contributed by atoms with Crippen molar-refractivity contribution < 1.29 is 14.7 Å². The summed E-state index contributed by atoms with van der Waals surface area (Å²) in [7, 11) is 0. The van der Waals surface area contributed by atoms with Crippen molar-refractivity contribution in [1.82, 2.24) is 19.7 Å². The Bertz CT molecular complexity index is 1090. The van der Waals surface area contributed by atoms with Gasteiger partial charge in [-0.1, -0.05) is 13.8 Å². The van der Waals surface area contributed by atoms with Crippen molar-refractivity contribution in [3.63, 3.8) is 0 Å². The highest BCUT2D eigenvalue weighted by molar-refractivity contribution is 6.00. The number of aliphatic hydroxyl groups is 1. The molecule has 5 rings (SSSR count). The molecule has 2 saturated carbocycles. The zero-order chi connectivity index (χ0) is 22.6. The lowest BCUT2D eigenvalue weighted by Crippen LogP contribution is -2.31. The summed E-state index contributed by atoms with van der Waals surface area (Å²) in [6, 6.07) is -0.213. The smallest absolute Gasteiger partial charge is 0.271 e. The molecule has 170 valence electrons. The number of aliphatic hydroxyl groups excluding tert-OH is 1. The lowest BCUT2D eigenvalue weighted by Gasteiger charge is -2.29. The van der Waals surface area contributed by atoms with Crippen LogP contribution in [-0.4, -0.2) is 48.7 Å². The Morgan fingerprint density at radius 1 is 1.28 bits per heavy atom. The monoisotopic (exact) mass is 438 g/mol. The lowest BCUT2D eigenvalue weighted by molar-refractivity contribution is 0.0909. The highest BCUT2D eigenvalue weighted by Crippen LogP contribution is 2.40. The third-order valence-corrected chi connectivity index (χ3v) is 6.81. The molecule has 0 saturated heterocycles. The maximum atomic E-state index is 13.1. The molecule has 0 spiro atoms. The van der Waals surface area contributed by atoms with E-state index in [9.17, 15) is 14.7 Å². The Morgan fingerprint density at radius 2 is 2.06 bits per heavy atom. The molecule has 2 heterocycles. The van der Waals surface area contributed by atoms with Crippen molar-refractivity contribution in [1.29, 1.82) is 0 Å². The fourth-order valence-electron chi connectivity index (χ4n) is 5.00. The van der Waals surface area contributed by atoms with Gasteiger partial charge in [0.15, 0.2) is 23.1 Å². The number of aromatic nitrogens is 4. The Morgan fingerprint density at radius 3 is 2.72 bits per heavy atom. The molecule has 2 atom stereocenters. The van der Waals surface area contributed by atoms with Crippen molar-refractivity contribution in [2.75, 3.05) is 5.32 Å². The second-order valence-electron chi connectivity index (χ2n) is 10.3. The number of Topliss-reactive ketones (excluding diaryl/α,β-unsaturated/α-hetero) is 1. The predicted octanol–water partition coefficient (Wildman–Crippen LogP) is 2.19. The summed E-state index contributed by atoms with van der Waals surface area (Å²) in [6.07, 6.45) is 7.69. The second kappa shape index (κ2) is 7.65. The molecule has 9 nitrogen and oxygen atoms in total. The highest BCUT2D eigenvalue weighted by Gasteiger charge is 2.38. The van der Waals surface area contributed by atoms with Gasteiger partial charge >= 0.3 is 0 Å².